The van der Waals surface area contributed by atoms with Gasteiger partial charge in [0.1, 0.15) is 7.40 Å². The molecule has 0 bridgehead atoms. The Morgan fingerprint density at radius 3 is 1.39 bits per heavy atom. The molecule has 8 heteroatoms. The molecule has 0 atom stereocenters. The van der Waals surface area contributed by atoms with Gasteiger partial charge in [0.15, 0.2) is 0 Å². The normalized spacial score (nSPS) is 10.8. The highest BCUT2D eigenvalue weighted by Gasteiger charge is 2.19. The third kappa shape index (κ3) is 3.17. The first kappa shape index (κ1) is 16.2. The van der Waals surface area contributed by atoms with Crippen molar-refractivity contribution in [2.24, 2.45) is 0 Å². The maximum atomic E-state index is 6.28. The highest BCUT2D eigenvalue weighted by atomic mass is 127. The summed E-state index contributed by atoms with van der Waals surface area (Å²) in [5.41, 5.74) is 1.85. The summed E-state index contributed by atoms with van der Waals surface area (Å²) in [7, 11) is 0. The van der Waals surface area contributed by atoms with Crippen LogP contribution in [0.15, 0.2) is 12.4 Å². The molecule has 2 rings (SSSR count). The Balaban J connectivity index is 2.85. The molecule has 0 unspecified atom stereocenters. The van der Waals surface area contributed by atoms with Gasteiger partial charge in [0.25, 0.3) is 0 Å². The zero-order valence-electron chi connectivity index (χ0n) is 8.32. The van der Waals surface area contributed by atoms with Crippen LogP contribution in [-0.2, 0) is 0 Å². The number of hydrogen-bond acceptors (Lipinski definition) is 2. The molecular weight excluding hydrogens is 727 g/mol. The fourth-order valence-corrected chi connectivity index (χ4v) is 4.35. The molecule has 0 aliphatic heterocycles. The van der Waals surface area contributed by atoms with Crippen molar-refractivity contribution in [3.63, 3.8) is 0 Å². The summed E-state index contributed by atoms with van der Waals surface area (Å²) in [6, 6.07) is 0. The molecule has 2 nitrogen and oxygen atoms in total. The summed E-state index contributed by atoms with van der Waals surface area (Å²) in [6.45, 7) is 0. The SMILES string of the molecule is Clc1cnc(I)c(I)c1-c1c(Cl)cnc(I)c1I. The lowest BCUT2D eigenvalue weighted by molar-refractivity contribution is 1.22. The molecular formula is C10H2Cl2I4N2. The fourth-order valence-electron chi connectivity index (χ4n) is 1.34. The molecule has 0 saturated heterocycles. The van der Waals surface area contributed by atoms with Crippen LogP contribution in [0.3, 0.4) is 0 Å². The van der Waals surface area contributed by atoms with E-state index in [0.717, 1.165) is 25.7 Å². The summed E-state index contributed by atoms with van der Waals surface area (Å²) in [4.78, 5) is 8.46. The van der Waals surface area contributed by atoms with E-state index in [1.807, 2.05) is 0 Å². The van der Waals surface area contributed by atoms with E-state index < -0.39 is 0 Å². The predicted octanol–water partition coefficient (Wildman–Crippen LogP) is 5.87. The van der Waals surface area contributed by atoms with Gasteiger partial charge in [-0.3, -0.25) is 0 Å². The van der Waals surface area contributed by atoms with Crippen LogP contribution in [0.25, 0.3) is 11.1 Å². The van der Waals surface area contributed by atoms with Crippen molar-refractivity contribution in [1.29, 1.82) is 0 Å². The lowest BCUT2D eigenvalue weighted by atomic mass is 10.1. The molecule has 94 valence electrons. The van der Waals surface area contributed by atoms with Crippen LogP contribution >= 0.6 is 114 Å². The molecule has 0 aliphatic carbocycles. The zero-order chi connectivity index (χ0) is 13.4. The van der Waals surface area contributed by atoms with E-state index >= 15 is 0 Å². The number of aromatic nitrogens is 2. The smallest absolute Gasteiger partial charge is 0.115 e. The van der Waals surface area contributed by atoms with Crippen molar-refractivity contribution >= 4 is 114 Å². The molecule has 0 N–H and O–H groups in total. The van der Waals surface area contributed by atoms with Crippen LogP contribution in [0.2, 0.25) is 10.0 Å². The number of nitrogens with zero attached hydrogens (tertiary/aromatic N) is 2. The van der Waals surface area contributed by atoms with Crippen molar-refractivity contribution in [2.75, 3.05) is 0 Å². The molecule has 2 aromatic heterocycles. The third-order valence-corrected chi connectivity index (χ3v) is 8.48. The van der Waals surface area contributed by atoms with E-state index in [9.17, 15) is 0 Å². The molecule has 18 heavy (non-hydrogen) atoms. The Morgan fingerprint density at radius 1 is 0.722 bits per heavy atom. The van der Waals surface area contributed by atoms with Crippen molar-refractivity contribution in [3.05, 3.63) is 37.0 Å². The number of halogens is 6. The van der Waals surface area contributed by atoms with E-state index in [0.29, 0.717) is 10.0 Å². The second-order valence-electron chi connectivity index (χ2n) is 3.17. The lowest BCUT2D eigenvalue weighted by Gasteiger charge is -2.12. The van der Waals surface area contributed by atoms with Crippen LogP contribution < -0.4 is 0 Å². The first-order valence-electron chi connectivity index (χ1n) is 4.42. The highest BCUT2D eigenvalue weighted by molar-refractivity contribution is 14.1. The van der Waals surface area contributed by atoms with Gasteiger partial charge in [0, 0.05) is 23.5 Å². The Labute approximate surface area is 169 Å². The molecule has 0 aromatic carbocycles. The molecule has 2 aromatic rings. The topological polar surface area (TPSA) is 25.8 Å². The second kappa shape index (κ2) is 6.71. The Morgan fingerprint density at radius 2 is 1.06 bits per heavy atom. The molecule has 0 saturated carbocycles. The quantitative estimate of drug-likeness (QED) is 0.272. The maximum Gasteiger partial charge on any atom is 0.115 e. The van der Waals surface area contributed by atoms with Gasteiger partial charge in [-0.25, -0.2) is 9.97 Å². The Kier molecular flexibility index (Phi) is 6.03. The van der Waals surface area contributed by atoms with E-state index in [2.05, 4.69) is 100 Å². The molecule has 0 fully saturated rings. The number of hydrogen-bond donors (Lipinski definition) is 0. The predicted molar refractivity (Wildman–Crippen MR) is 108 cm³/mol. The molecule has 0 aliphatic rings. The molecule has 0 amide bonds. The van der Waals surface area contributed by atoms with E-state index in [1.54, 1.807) is 12.4 Å². The van der Waals surface area contributed by atoms with Crippen LogP contribution in [0.5, 0.6) is 0 Å². The zero-order valence-corrected chi connectivity index (χ0v) is 18.5. The summed E-state index contributed by atoms with van der Waals surface area (Å²) in [6.07, 6.45) is 3.31. The summed E-state index contributed by atoms with van der Waals surface area (Å²) in [5.74, 6) is 0. The van der Waals surface area contributed by atoms with Gasteiger partial charge in [-0.05, 0) is 90.4 Å². The Bertz CT molecular complexity index is 578. The van der Waals surface area contributed by atoms with Crippen LogP contribution in [-0.4, -0.2) is 9.97 Å². The Hall–Kier alpha value is 1.80. The van der Waals surface area contributed by atoms with Crippen molar-refractivity contribution in [3.8, 4) is 11.1 Å². The average Bonchev–Trinajstić information content (AvgIpc) is 2.33. The molecule has 0 spiro atoms. The first-order valence-corrected chi connectivity index (χ1v) is 9.50. The number of pyridine rings is 2. The minimum Gasteiger partial charge on any atom is -0.248 e. The van der Waals surface area contributed by atoms with Gasteiger partial charge < -0.3 is 0 Å². The second-order valence-corrected chi connectivity index (χ2v) is 8.19. The van der Waals surface area contributed by atoms with Crippen molar-refractivity contribution < 1.29 is 0 Å². The van der Waals surface area contributed by atoms with Gasteiger partial charge in [0.2, 0.25) is 0 Å². The van der Waals surface area contributed by atoms with Crippen LogP contribution in [0.1, 0.15) is 0 Å². The van der Waals surface area contributed by atoms with Gasteiger partial charge >= 0.3 is 0 Å². The van der Waals surface area contributed by atoms with Gasteiger partial charge in [-0.15, -0.1) is 0 Å². The minimum atomic E-state index is 0.599. The lowest BCUT2D eigenvalue weighted by Crippen LogP contribution is -1.98. The van der Waals surface area contributed by atoms with E-state index in [-0.39, 0.29) is 0 Å². The number of rotatable bonds is 1. The highest BCUT2D eigenvalue weighted by Crippen LogP contribution is 2.40. The minimum absolute atomic E-state index is 0.599. The van der Waals surface area contributed by atoms with Gasteiger partial charge in [0.05, 0.1) is 17.2 Å². The standard InChI is InChI=1S/C10H2Cl2I4N2/c11-3-1-17-9(15)7(13)5(3)6-4(12)2-18-10(16)8(6)14/h1-2H. The molecule has 2 heterocycles. The average molecular weight is 729 g/mol. The largest absolute Gasteiger partial charge is 0.248 e. The van der Waals surface area contributed by atoms with Gasteiger partial charge in [-0.2, -0.15) is 0 Å². The van der Waals surface area contributed by atoms with Gasteiger partial charge in [-0.1, -0.05) is 23.2 Å². The summed E-state index contributed by atoms with van der Waals surface area (Å²) >= 11 is 21.4. The first-order chi connectivity index (χ1) is 8.43. The molecule has 0 radical (unpaired) electrons. The third-order valence-electron chi connectivity index (χ3n) is 2.11. The summed E-state index contributed by atoms with van der Waals surface area (Å²) < 4.78 is 3.82. The van der Waals surface area contributed by atoms with Crippen LogP contribution in [0, 0.1) is 14.5 Å². The van der Waals surface area contributed by atoms with Crippen molar-refractivity contribution in [2.45, 2.75) is 0 Å². The fraction of sp³-hybridized carbons (Fsp3) is 0. The van der Waals surface area contributed by atoms with E-state index in [1.165, 1.54) is 0 Å². The maximum absolute atomic E-state index is 6.28. The van der Waals surface area contributed by atoms with E-state index in [4.69, 9.17) is 23.2 Å². The summed E-state index contributed by atoms with van der Waals surface area (Å²) in [5, 5.41) is 1.20. The van der Waals surface area contributed by atoms with Crippen LogP contribution in [0.4, 0.5) is 0 Å². The monoisotopic (exact) mass is 728 g/mol. The van der Waals surface area contributed by atoms with Crippen molar-refractivity contribution in [1.82, 2.24) is 9.97 Å².